The summed E-state index contributed by atoms with van der Waals surface area (Å²) in [4.78, 5) is 27.3. The maximum absolute atomic E-state index is 12.3. The highest BCUT2D eigenvalue weighted by molar-refractivity contribution is 5.82. The first-order chi connectivity index (χ1) is 9.00. The average Bonchev–Trinajstić information content (AvgIpc) is 2.80. The summed E-state index contributed by atoms with van der Waals surface area (Å²) < 4.78 is 5.24. The van der Waals surface area contributed by atoms with Gasteiger partial charge in [0, 0.05) is 26.2 Å². The van der Waals surface area contributed by atoms with Gasteiger partial charge in [-0.2, -0.15) is 0 Å². The molecular weight excluding hydrogens is 248 g/mol. The van der Waals surface area contributed by atoms with Gasteiger partial charge >= 0.3 is 5.97 Å². The number of hydrogen-bond donors (Lipinski definition) is 1. The van der Waals surface area contributed by atoms with Crippen molar-refractivity contribution in [1.29, 1.82) is 0 Å². The smallest absolute Gasteiger partial charge is 0.308 e. The Hall–Kier alpha value is -1.14. The quantitative estimate of drug-likeness (QED) is 0.774. The monoisotopic (exact) mass is 270 g/mol. The molecule has 0 aliphatic carbocycles. The van der Waals surface area contributed by atoms with Gasteiger partial charge < -0.3 is 14.7 Å². The molecule has 19 heavy (non-hydrogen) atoms. The van der Waals surface area contributed by atoms with Crippen LogP contribution in [0.4, 0.5) is 0 Å². The summed E-state index contributed by atoms with van der Waals surface area (Å²) in [6.07, 6.45) is 0. The number of carboxylic acids is 1. The molecular formula is C13H22N2O4. The van der Waals surface area contributed by atoms with E-state index in [0.29, 0.717) is 39.4 Å². The second kappa shape index (κ2) is 5.88. The number of rotatable bonds is 3. The van der Waals surface area contributed by atoms with Crippen LogP contribution in [0.15, 0.2) is 0 Å². The Morgan fingerprint density at radius 2 is 1.89 bits per heavy atom. The molecule has 0 spiro atoms. The normalized spacial score (nSPS) is 30.3. The number of nitrogens with zero attached hydrogens (tertiary/aromatic N) is 2. The minimum atomic E-state index is -0.763. The molecule has 1 amide bonds. The summed E-state index contributed by atoms with van der Waals surface area (Å²) >= 11 is 0. The zero-order chi connectivity index (χ0) is 14.0. The van der Waals surface area contributed by atoms with Gasteiger partial charge in [-0.3, -0.25) is 14.5 Å². The first kappa shape index (κ1) is 14.3. The Balaban J connectivity index is 1.94. The van der Waals surface area contributed by atoms with E-state index in [9.17, 15) is 9.59 Å². The summed E-state index contributed by atoms with van der Waals surface area (Å²) in [5.74, 6) is -0.945. The lowest BCUT2D eigenvalue weighted by atomic mass is 9.99. The lowest BCUT2D eigenvalue weighted by molar-refractivity contribution is -0.143. The minimum Gasteiger partial charge on any atom is -0.481 e. The molecule has 6 heteroatoms. The standard InChI is InChI=1S/C13H22N2O4/c1-9-7-15(8-11(9)13(17)18)10(2)12(16)14-3-5-19-6-4-14/h9-11H,3-8H2,1-2H3,(H,17,18)/t9-,10?,11-/m1/s1. The summed E-state index contributed by atoms with van der Waals surface area (Å²) in [6.45, 7) is 7.39. The fourth-order valence-electron chi connectivity index (χ4n) is 2.85. The molecule has 108 valence electrons. The molecule has 0 aromatic heterocycles. The van der Waals surface area contributed by atoms with Crippen molar-refractivity contribution in [2.24, 2.45) is 11.8 Å². The zero-order valence-electron chi connectivity index (χ0n) is 11.5. The maximum Gasteiger partial charge on any atom is 0.308 e. The second-order valence-corrected chi connectivity index (χ2v) is 5.49. The molecule has 3 atom stereocenters. The number of aliphatic carboxylic acids is 1. The molecule has 2 aliphatic rings. The van der Waals surface area contributed by atoms with Gasteiger partial charge in [0.25, 0.3) is 0 Å². The molecule has 0 radical (unpaired) electrons. The molecule has 0 saturated carbocycles. The van der Waals surface area contributed by atoms with Crippen LogP contribution in [-0.2, 0) is 14.3 Å². The summed E-state index contributed by atoms with van der Waals surface area (Å²) in [6, 6.07) is -0.245. The van der Waals surface area contributed by atoms with Crippen LogP contribution in [0.3, 0.4) is 0 Å². The Bertz CT molecular complexity index is 355. The Morgan fingerprint density at radius 3 is 2.42 bits per heavy atom. The van der Waals surface area contributed by atoms with Crippen LogP contribution >= 0.6 is 0 Å². The van der Waals surface area contributed by atoms with Gasteiger partial charge in [0.2, 0.25) is 5.91 Å². The van der Waals surface area contributed by atoms with E-state index in [-0.39, 0.29) is 23.8 Å². The van der Waals surface area contributed by atoms with Crippen molar-refractivity contribution in [2.75, 3.05) is 39.4 Å². The van der Waals surface area contributed by atoms with Crippen LogP contribution in [0.1, 0.15) is 13.8 Å². The topological polar surface area (TPSA) is 70.1 Å². The predicted octanol–water partition coefficient (Wildman–Crippen LogP) is -0.114. The van der Waals surface area contributed by atoms with Gasteiger partial charge in [-0.25, -0.2) is 0 Å². The molecule has 1 N–H and O–H groups in total. The molecule has 0 bridgehead atoms. The third kappa shape index (κ3) is 3.06. The van der Waals surface area contributed by atoms with E-state index in [0.717, 1.165) is 0 Å². The summed E-state index contributed by atoms with van der Waals surface area (Å²) in [7, 11) is 0. The van der Waals surface area contributed by atoms with E-state index >= 15 is 0 Å². The minimum absolute atomic E-state index is 0.0848. The summed E-state index contributed by atoms with van der Waals surface area (Å²) in [5.41, 5.74) is 0. The van der Waals surface area contributed by atoms with E-state index in [4.69, 9.17) is 9.84 Å². The number of carbonyl (C=O) groups excluding carboxylic acids is 1. The van der Waals surface area contributed by atoms with E-state index in [2.05, 4.69) is 0 Å². The highest BCUT2D eigenvalue weighted by Crippen LogP contribution is 2.25. The Labute approximate surface area is 113 Å². The van der Waals surface area contributed by atoms with Crippen molar-refractivity contribution >= 4 is 11.9 Å². The van der Waals surface area contributed by atoms with E-state index < -0.39 is 5.97 Å². The number of carboxylic acid groups (broad SMARTS) is 1. The van der Waals surface area contributed by atoms with Crippen molar-refractivity contribution in [3.8, 4) is 0 Å². The van der Waals surface area contributed by atoms with Crippen LogP contribution in [0, 0.1) is 11.8 Å². The maximum atomic E-state index is 12.3. The van der Waals surface area contributed by atoms with Crippen LogP contribution in [0.5, 0.6) is 0 Å². The van der Waals surface area contributed by atoms with Crippen molar-refractivity contribution in [3.05, 3.63) is 0 Å². The van der Waals surface area contributed by atoms with Gasteiger partial charge in [0.05, 0.1) is 25.2 Å². The Kier molecular flexibility index (Phi) is 4.42. The number of hydrogen-bond acceptors (Lipinski definition) is 4. The number of carbonyl (C=O) groups is 2. The largest absolute Gasteiger partial charge is 0.481 e. The first-order valence-corrected chi connectivity index (χ1v) is 6.84. The van der Waals surface area contributed by atoms with Crippen LogP contribution in [0.2, 0.25) is 0 Å². The lowest BCUT2D eigenvalue weighted by Gasteiger charge is -2.32. The van der Waals surface area contributed by atoms with E-state index in [1.54, 1.807) is 0 Å². The molecule has 1 unspecified atom stereocenters. The lowest BCUT2D eigenvalue weighted by Crippen LogP contribution is -2.50. The van der Waals surface area contributed by atoms with Crippen molar-refractivity contribution in [2.45, 2.75) is 19.9 Å². The van der Waals surface area contributed by atoms with E-state index in [1.807, 2.05) is 23.6 Å². The number of likely N-dealkylation sites (tertiary alicyclic amines) is 1. The van der Waals surface area contributed by atoms with Crippen molar-refractivity contribution in [3.63, 3.8) is 0 Å². The highest BCUT2D eigenvalue weighted by atomic mass is 16.5. The average molecular weight is 270 g/mol. The Morgan fingerprint density at radius 1 is 1.26 bits per heavy atom. The molecule has 6 nitrogen and oxygen atoms in total. The molecule has 2 heterocycles. The number of morpholine rings is 1. The van der Waals surface area contributed by atoms with Gasteiger partial charge in [0.1, 0.15) is 0 Å². The summed E-state index contributed by atoms with van der Waals surface area (Å²) in [5, 5.41) is 9.13. The molecule has 2 saturated heterocycles. The number of amides is 1. The second-order valence-electron chi connectivity index (χ2n) is 5.49. The van der Waals surface area contributed by atoms with Gasteiger partial charge in [-0.05, 0) is 12.8 Å². The van der Waals surface area contributed by atoms with Gasteiger partial charge in [-0.15, -0.1) is 0 Å². The molecule has 2 rings (SSSR count). The molecule has 0 aromatic carbocycles. The molecule has 2 fully saturated rings. The van der Waals surface area contributed by atoms with Crippen LogP contribution in [-0.4, -0.2) is 72.2 Å². The predicted molar refractivity (Wildman–Crippen MR) is 68.7 cm³/mol. The zero-order valence-corrected chi connectivity index (χ0v) is 11.5. The van der Waals surface area contributed by atoms with Crippen molar-refractivity contribution in [1.82, 2.24) is 9.80 Å². The van der Waals surface area contributed by atoms with Gasteiger partial charge in [-0.1, -0.05) is 6.92 Å². The van der Waals surface area contributed by atoms with Crippen molar-refractivity contribution < 1.29 is 19.4 Å². The third-order valence-corrected chi connectivity index (χ3v) is 4.19. The number of ether oxygens (including phenoxy) is 1. The molecule has 2 aliphatic heterocycles. The van der Waals surface area contributed by atoms with E-state index in [1.165, 1.54) is 0 Å². The fourth-order valence-corrected chi connectivity index (χ4v) is 2.85. The highest BCUT2D eigenvalue weighted by Gasteiger charge is 2.39. The SMILES string of the molecule is CC(C(=O)N1CCOCC1)N1C[C@@H](C)[C@H](C(=O)O)C1. The molecule has 0 aromatic rings. The fraction of sp³-hybridized carbons (Fsp3) is 0.846. The van der Waals surface area contributed by atoms with Gasteiger partial charge in [0.15, 0.2) is 0 Å². The van der Waals surface area contributed by atoms with Crippen LogP contribution < -0.4 is 0 Å². The van der Waals surface area contributed by atoms with Crippen LogP contribution in [0.25, 0.3) is 0 Å². The third-order valence-electron chi connectivity index (χ3n) is 4.19. The first-order valence-electron chi connectivity index (χ1n) is 6.84.